The van der Waals surface area contributed by atoms with Gasteiger partial charge in [0.1, 0.15) is 4.83 Å². The van der Waals surface area contributed by atoms with Gasteiger partial charge in [0.2, 0.25) is 0 Å². The van der Waals surface area contributed by atoms with Gasteiger partial charge in [-0.2, -0.15) is 5.10 Å². The Balaban J connectivity index is 1.27. The molecule has 1 aliphatic carbocycles. The van der Waals surface area contributed by atoms with E-state index < -0.39 is 0 Å². The maximum atomic E-state index is 12.9. The predicted molar refractivity (Wildman–Crippen MR) is 117 cm³/mol. The predicted octanol–water partition coefficient (Wildman–Crippen LogP) is 3.46. The van der Waals surface area contributed by atoms with Crippen LogP contribution in [0.1, 0.15) is 41.0 Å². The van der Waals surface area contributed by atoms with Crippen LogP contribution in [0.15, 0.2) is 36.4 Å². The lowest BCUT2D eigenvalue weighted by molar-refractivity contribution is 0.0918. The van der Waals surface area contributed by atoms with E-state index in [2.05, 4.69) is 15.7 Å². The summed E-state index contributed by atoms with van der Waals surface area (Å²) in [4.78, 5) is 28.5. The van der Waals surface area contributed by atoms with E-state index in [1.54, 1.807) is 0 Å². The molecule has 3 aromatic rings. The summed E-state index contributed by atoms with van der Waals surface area (Å²) in [6, 6.07) is 12.5. The number of nitrogens with zero attached hydrogens (tertiary/aromatic N) is 3. The van der Waals surface area contributed by atoms with Gasteiger partial charge in [0.15, 0.2) is 0 Å². The fourth-order valence-corrected chi connectivity index (χ4v) is 5.61. The quantitative estimate of drug-likeness (QED) is 0.674. The molecule has 156 valence electrons. The van der Waals surface area contributed by atoms with Gasteiger partial charge in [-0.1, -0.05) is 18.2 Å². The molecule has 3 amide bonds. The Hall–Kier alpha value is -2.87. The average molecular weight is 424 g/mol. The van der Waals surface area contributed by atoms with E-state index in [0.29, 0.717) is 6.04 Å². The SMILES string of the molecule is Cc1nn(-c2ccccc2)c2sc(C(=O)NC3CCC(N4CCNC4=O)CC3)cc12. The van der Waals surface area contributed by atoms with Crippen molar-refractivity contribution in [3.05, 3.63) is 47.0 Å². The highest BCUT2D eigenvalue weighted by Crippen LogP contribution is 2.31. The molecule has 0 unspecified atom stereocenters. The van der Waals surface area contributed by atoms with Crippen LogP contribution >= 0.6 is 11.3 Å². The molecule has 0 atom stereocenters. The Morgan fingerprint density at radius 2 is 1.97 bits per heavy atom. The second kappa shape index (κ2) is 7.75. The number of fused-ring (bicyclic) bond motifs is 1. The second-order valence-corrected chi connectivity index (χ2v) is 9.10. The first-order valence-corrected chi connectivity index (χ1v) is 11.3. The molecule has 1 aromatic carbocycles. The minimum Gasteiger partial charge on any atom is -0.349 e. The Morgan fingerprint density at radius 3 is 2.67 bits per heavy atom. The first-order valence-electron chi connectivity index (χ1n) is 10.5. The van der Waals surface area contributed by atoms with Crippen LogP contribution in [-0.4, -0.2) is 51.8 Å². The van der Waals surface area contributed by atoms with Crippen LogP contribution in [0.4, 0.5) is 4.79 Å². The van der Waals surface area contributed by atoms with Crippen LogP contribution < -0.4 is 10.6 Å². The number of rotatable bonds is 4. The first kappa shape index (κ1) is 19.1. The van der Waals surface area contributed by atoms with Crippen LogP contribution in [0.5, 0.6) is 0 Å². The van der Waals surface area contributed by atoms with Crippen molar-refractivity contribution >= 4 is 33.5 Å². The lowest BCUT2D eigenvalue weighted by Gasteiger charge is -2.34. The highest BCUT2D eigenvalue weighted by molar-refractivity contribution is 7.20. The molecule has 0 radical (unpaired) electrons. The van der Waals surface area contributed by atoms with Gasteiger partial charge in [0.05, 0.1) is 16.3 Å². The summed E-state index contributed by atoms with van der Waals surface area (Å²) in [6.45, 7) is 3.51. The standard InChI is InChI=1S/C22H25N5O2S/c1-14-18-13-19(30-21(18)27(25-14)17-5-3-2-4-6-17)20(28)24-15-7-9-16(10-8-15)26-12-11-23-22(26)29/h2-6,13,15-16H,7-12H2,1H3,(H,23,29)(H,24,28). The van der Waals surface area contributed by atoms with Crippen LogP contribution in [0.3, 0.4) is 0 Å². The number of hydrogen-bond donors (Lipinski definition) is 2. The molecule has 30 heavy (non-hydrogen) atoms. The Labute approximate surface area is 179 Å². The number of benzene rings is 1. The Morgan fingerprint density at radius 1 is 1.20 bits per heavy atom. The fourth-order valence-electron chi connectivity index (χ4n) is 4.53. The van der Waals surface area contributed by atoms with Crippen LogP contribution in [0.25, 0.3) is 15.9 Å². The van der Waals surface area contributed by atoms with Gasteiger partial charge < -0.3 is 15.5 Å². The largest absolute Gasteiger partial charge is 0.349 e. The number of aromatic nitrogens is 2. The zero-order chi connectivity index (χ0) is 20.7. The van der Waals surface area contributed by atoms with Gasteiger partial charge in [0.25, 0.3) is 5.91 Å². The van der Waals surface area contributed by atoms with Crippen molar-refractivity contribution in [3.8, 4) is 5.69 Å². The number of urea groups is 1. The topological polar surface area (TPSA) is 79.3 Å². The summed E-state index contributed by atoms with van der Waals surface area (Å²) in [5.41, 5.74) is 1.92. The van der Waals surface area contributed by atoms with E-state index in [1.807, 2.05) is 52.9 Å². The van der Waals surface area contributed by atoms with E-state index in [-0.39, 0.29) is 18.0 Å². The number of carbonyl (C=O) groups is 2. The summed E-state index contributed by atoms with van der Waals surface area (Å²) in [7, 11) is 0. The van der Waals surface area contributed by atoms with Gasteiger partial charge in [0, 0.05) is 30.6 Å². The lowest BCUT2D eigenvalue weighted by atomic mass is 9.90. The molecule has 2 aliphatic rings. The molecule has 1 aliphatic heterocycles. The smallest absolute Gasteiger partial charge is 0.317 e. The summed E-state index contributed by atoms with van der Waals surface area (Å²) >= 11 is 1.48. The molecule has 2 aromatic heterocycles. The normalized spacial score (nSPS) is 21.8. The van der Waals surface area contributed by atoms with Crippen molar-refractivity contribution in [2.75, 3.05) is 13.1 Å². The minimum atomic E-state index is -0.0161. The molecule has 5 rings (SSSR count). The van der Waals surface area contributed by atoms with Gasteiger partial charge in [-0.15, -0.1) is 11.3 Å². The minimum absolute atomic E-state index is 0.0161. The fraction of sp³-hybridized carbons (Fsp3) is 0.409. The third kappa shape index (κ3) is 3.45. The number of aryl methyl sites for hydroxylation is 1. The van der Waals surface area contributed by atoms with Crippen molar-refractivity contribution in [3.63, 3.8) is 0 Å². The van der Waals surface area contributed by atoms with Crippen molar-refractivity contribution in [2.45, 2.75) is 44.7 Å². The monoisotopic (exact) mass is 423 g/mol. The van der Waals surface area contributed by atoms with Crippen molar-refractivity contribution in [1.82, 2.24) is 25.3 Å². The van der Waals surface area contributed by atoms with E-state index in [4.69, 9.17) is 0 Å². The number of carbonyl (C=O) groups excluding carboxylic acids is 2. The highest BCUT2D eigenvalue weighted by atomic mass is 32.1. The summed E-state index contributed by atoms with van der Waals surface area (Å²) in [6.07, 6.45) is 3.68. The summed E-state index contributed by atoms with van der Waals surface area (Å²) < 4.78 is 1.92. The Bertz CT molecular complexity index is 1080. The van der Waals surface area contributed by atoms with E-state index in [9.17, 15) is 9.59 Å². The molecule has 2 N–H and O–H groups in total. The molecule has 3 heterocycles. The van der Waals surface area contributed by atoms with Gasteiger partial charge in [-0.25, -0.2) is 9.48 Å². The molecule has 0 bridgehead atoms. The molecule has 7 nitrogen and oxygen atoms in total. The molecule has 1 saturated carbocycles. The van der Waals surface area contributed by atoms with Crippen molar-refractivity contribution in [1.29, 1.82) is 0 Å². The van der Waals surface area contributed by atoms with Gasteiger partial charge in [-0.05, 0) is 50.8 Å². The van der Waals surface area contributed by atoms with Crippen LogP contribution in [0.2, 0.25) is 0 Å². The highest BCUT2D eigenvalue weighted by Gasteiger charge is 2.32. The Kier molecular flexibility index (Phi) is 4.94. The molecular weight excluding hydrogens is 398 g/mol. The van der Waals surface area contributed by atoms with Crippen molar-refractivity contribution < 1.29 is 9.59 Å². The number of thiophene rings is 1. The first-order chi connectivity index (χ1) is 14.6. The van der Waals surface area contributed by atoms with Crippen LogP contribution in [-0.2, 0) is 0 Å². The van der Waals surface area contributed by atoms with Crippen LogP contribution in [0, 0.1) is 6.92 Å². The van der Waals surface area contributed by atoms with Gasteiger partial charge >= 0.3 is 6.03 Å². The third-order valence-corrected chi connectivity index (χ3v) is 7.24. The summed E-state index contributed by atoms with van der Waals surface area (Å²) in [5.74, 6) is -0.0161. The molecular formula is C22H25N5O2S. The van der Waals surface area contributed by atoms with E-state index in [0.717, 1.165) is 65.2 Å². The maximum Gasteiger partial charge on any atom is 0.317 e. The summed E-state index contributed by atoms with van der Waals surface area (Å²) in [5, 5.41) is 11.8. The third-order valence-electron chi connectivity index (χ3n) is 6.13. The lowest BCUT2D eigenvalue weighted by Crippen LogP contribution is -2.45. The average Bonchev–Trinajstić information content (AvgIpc) is 3.46. The van der Waals surface area contributed by atoms with E-state index in [1.165, 1.54) is 11.3 Å². The second-order valence-electron chi connectivity index (χ2n) is 8.07. The van der Waals surface area contributed by atoms with E-state index >= 15 is 0 Å². The molecule has 1 saturated heterocycles. The molecule has 0 spiro atoms. The zero-order valence-corrected chi connectivity index (χ0v) is 17.7. The number of para-hydroxylation sites is 1. The molecule has 2 fully saturated rings. The number of amides is 3. The van der Waals surface area contributed by atoms with Crippen molar-refractivity contribution in [2.24, 2.45) is 0 Å². The number of hydrogen-bond acceptors (Lipinski definition) is 4. The van der Waals surface area contributed by atoms with Gasteiger partial charge in [-0.3, -0.25) is 4.79 Å². The maximum absolute atomic E-state index is 12.9. The molecule has 8 heteroatoms. The number of nitrogens with one attached hydrogen (secondary N) is 2. The zero-order valence-electron chi connectivity index (χ0n) is 16.9.